The van der Waals surface area contributed by atoms with E-state index in [1.54, 1.807) is 0 Å². The van der Waals surface area contributed by atoms with Crippen molar-refractivity contribution in [1.82, 2.24) is 5.32 Å². The van der Waals surface area contributed by atoms with Gasteiger partial charge in [0.15, 0.2) is 0 Å². The zero-order valence-electron chi connectivity index (χ0n) is 9.66. The van der Waals surface area contributed by atoms with E-state index in [0.717, 1.165) is 12.8 Å². The first-order valence-corrected chi connectivity index (χ1v) is 7.20. The highest BCUT2D eigenvalue weighted by molar-refractivity contribution is 8.23. The molecule has 1 saturated carbocycles. The topological polar surface area (TPSA) is 38.3 Å². The first-order chi connectivity index (χ1) is 7.72. The summed E-state index contributed by atoms with van der Waals surface area (Å²) in [5, 5.41) is 3.04. The van der Waals surface area contributed by atoms with Crippen LogP contribution in [0.5, 0.6) is 0 Å². The van der Waals surface area contributed by atoms with Gasteiger partial charge in [0.2, 0.25) is 10.3 Å². The van der Waals surface area contributed by atoms with Gasteiger partial charge in [-0.2, -0.15) is 0 Å². The van der Waals surface area contributed by atoms with Gasteiger partial charge in [-0.1, -0.05) is 31.0 Å². The number of nitrogens with one attached hydrogen (secondary N) is 1. The molecule has 0 bridgehead atoms. The quantitative estimate of drug-likeness (QED) is 0.789. The van der Waals surface area contributed by atoms with E-state index in [2.05, 4.69) is 5.32 Å². The zero-order valence-corrected chi connectivity index (χ0v) is 11.3. The molecule has 1 fully saturated rings. The summed E-state index contributed by atoms with van der Waals surface area (Å²) in [7, 11) is 0. The molecular weight excluding hydrogens is 242 g/mol. The van der Waals surface area contributed by atoms with E-state index in [-0.39, 0.29) is 5.91 Å². The summed E-state index contributed by atoms with van der Waals surface area (Å²) in [6, 6.07) is 0.377. The summed E-state index contributed by atoms with van der Waals surface area (Å²) >= 11 is 6.23. The number of rotatable bonds is 4. The van der Waals surface area contributed by atoms with Gasteiger partial charge in [-0.25, -0.2) is 0 Å². The lowest BCUT2D eigenvalue weighted by atomic mass is 9.95. The molecule has 1 aliphatic carbocycles. The fraction of sp³-hybridized carbons (Fsp3) is 0.818. The van der Waals surface area contributed by atoms with Gasteiger partial charge in [0, 0.05) is 6.04 Å². The van der Waals surface area contributed by atoms with E-state index in [4.69, 9.17) is 17.0 Å². The molecule has 0 aromatic carbocycles. The molecule has 0 atom stereocenters. The first kappa shape index (κ1) is 13.8. The Balaban J connectivity index is 2.12. The van der Waals surface area contributed by atoms with Crippen LogP contribution in [0, 0.1) is 0 Å². The third-order valence-corrected chi connectivity index (χ3v) is 3.79. The summed E-state index contributed by atoms with van der Waals surface area (Å²) in [5.74, 6) is 0.439. The van der Waals surface area contributed by atoms with Gasteiger partial charge in [-0.3, -0.25) is 4.79 Å². The molecule has 0 unspecified atom stereocenters. The fourth-order valence-corrected chi connectivity index (χ4v) is 2.63. The molecule has 16 heavy (non-hydrogen) atoms. The minimum Gasteiger partial charge on any atom is -0.479 e. The molecule has 0 heterocycles. The number of ether oxygens (including phenoxy) is 1. The maximum absolute atomic E-state index is 11.6. The van der Waals surface area contributed by atoms with E-state index >= 15 is 0 Å². The highest BCUT2D eigenvalue weighted by atomic mass is 32.2. The molecule has 0 spiro atoms. The molecule has 1 aliphatic rings. The highest BCUT2D eigenvalue weighted by Gasteiger charge is 2.15. The van der Waals surface area contributed by atoms with Crippen LogP contribution in [0.2, 0.25) is 0 Å². The van der Waals surface area contributed by atoms with E-state index in [1.165, 1.54) is 31.0 Å². The van der Waals surface area contributed by atoms with Gasteiger partial charge >= 0.3 is 0 Å². The second-order valence-electron chi connectivity index (χ2n) is 3.87. The van der Waals surface area contributed by atoms with Crippen LogP contribution in [-0.2, 0) is 9.53 Å². The van der Waals surface area contributed by atoms with Crippen molar-refractivity contribution in [3.63, 3.8) is 0 Å². The van der Waals surface area contributed by atoms with Gasteiger partial charge in [0.25, 0.3) is 0 Å². The Labute approximate surface area is 107 Å². The Morgan fingerprint density at radius 1 is 1.44 bits per heavy atom. The van der Waals surface area contributed by atoms with Crippen LogP contribution >= 0.6 is 24.0 Å². The van der Waals surface area contributed by atoms with Crippen LogP contribution in [0.25, 0.3) is 0 Å². The Bertz CT molecular complexity index is 240. The van der Waals surface area contributed by atoms with E-state index in [1.807, 2.05) is 6.92 Å². The van der Waals surface area contributed by atoms with Crippen molar-refractivity contribution in [2.45, 2.75) is 45.1 Å². The Kier molecular flexibility index (Phi) is 6.80. The fourth-order valence-electron chi connectivity index (χ4n) is 1.80. The molecular formula is C11H19NO2S2. The van der Waals surface area contributed by atoms with Crippen molar-refractivity contribution >= 4 is 34.3 Å². The van der Waals surface area contributed by atoms with Crippen molar-refractivity contribution < 1.29 is 9.53 Å². The van der Waals surface area contributed by atoms with Crippen molar-refractivity contribution in [1.29, 1.82) is 0 Å². The second-order valence-corrected chi connectivity index (χ2v) is 5.45. The third kappa shape index (κ3) is 5.70. The van der Waals surface area contributed by atoms with Crippen LogP contribution < -0.4 is 5.32 Å². The van der Waals surface area contributed by atoms with Gasteiger partial charge in [-0.05, 0) is 32.0 Å². The predicted molar refractivity (Wildman–Crippen MR) is 71.7 cm³/mol. The summed E-state index contributed by atoms with van der Waals surface area (Å²) < 4.78 is 5.56. The number of hydrogen-bond acceptors (Lipinski definition) is 4. The van der Waals surface area contributed by atoms with Crippen molar-refractivity contribution in [3.8, 4) is 0 Å². The van der Waals surface area contributed by atoms with Crippen LogP contribution in [0.1, 0.15) is 39.0 Å². The number of amides is 1. The number of carbonyl (C=O) groups is 1. The zero-order chi connectivity index (χ0) is 11.8. The normalized spacial score (nSPS) is 16.8. The molecule has 0 aromatic rings. The average Bonchev–Trinajstić information content (AvgIpc) is 2.28. The SMILES string of the molecule is CCOC(=S)SCC(=O)NC1CCCCC1. The van der Waals surface area contributed by atoms with E-state index in [9.17, 15) is 4.79 Å². The smallest absolute Gasteiger partial charge is 0.230 e. The average molecular weight is 261 g/mol. The van der Waals surface area contributed by atoms with Crippen LogP contribution in [0.3, 0.4) is 0 Å². The van der Waals surface area contributed by atoms with Gasteiger partial charge in [0.1, 0.15) is 0 Å². The monoisotopic (exact) mass is 261 g/mol. The maximum atomic E-state index is 11.6. The number of thiocarbonyl (C=S) groups is 1. The molecule has 3 nitrogen and oxygen atoms in total. The van der Waals surface area contributed by atoms with Gasteiger partial charge < -0.3 is 10.1 Å². The van der Waals surface area contributed by atoms with Crippen LogP contribution in [0.15, 0.2) is 0 Å². The lowest BCUT2D eigenvalue weighted by Crippen LogP contribution is -2.37. The Morgan fingerprint density at radius 2 is 2.12 bits per heavy atom. The van der Waals surface area contributed by atoms with Crippen molar-refractivity contribution in [2.75, 3.05) is 12.4 Å². The van der Waals surface area contributed by atoms with Crippen molar-refractivity contribution in [2.24, 2.45) is 0 Å². The summed E-state index contributed by atoms with van der Waals surface area (Å²) in [5.41, 5.74) is 0. The Hall–Kier alpha value is -0.290. The maximum Gasteiger partial charge on any atom is 0.230 e. The number of hydrogen-bond donors (Lipinski definition) is 1. The summed E-state index contributed by atoms with van der Waals surface area (Å²) in [4.78, 5) is 11.6. The highest BCUT2D eigenvalue weighted by Crippen LogP contribution is 2.17. The largest absolute Gasteiger partial charge is 0.479 e. The molecule has 1 N–H and O–H groups in total. The predicted octanol–water partition coefficient (Wildman–Crippen LogP) is 2.49. The van der Waals surface area contributed by atoms with Crippen LogP contribution in [0.4, 0.5) is 0 Å². The lowest BCUT2D eigenvalue weighted by Gasteiger charge is -2.22. The molecule has 5 heteroatoms. The van der Waals surface area contributed by atoms with E-state index < -0.39 is 0 Å². The standard InChI is InChI=1S/C11H19NO2S2/c1-2-14-11(15)16-8-10(13)12-9-6-4-3-5-7-9/h9H,2-8H2,1H3,(H,12,13). The first-order valence-electron chi connectivity index (χ1n) is 5.81. The number of carbonyl (C=O) groups excluding carboxylic acids is 1. The molecule has 0 saturated heterocycles. The Morgan fingerprint density at radius 3 is 2.75 bits per heavy atom. The minimum atomic E-state index is 0.0685. The lowest BCUT2D eigenvalue weighted by molar-refractivity contribution is -0.119. The number of thioether (sulfide) groups is 1. The molecule has 0 radical (unpaired) electrons. The molecule has 1 rings (SSSR count). The van der Waals surface area contributed by atoms with Crippen LogP contribution in [-0.4, -0.2) is 28.7 Å². The van der Waals surface area contributed by atoms with E-state index in [0.29, 0.717) is 22.8 Å². The van der Waals surface area contributed by atoms with Crippen molar-refractivity contribution in [3.05, 3.63) is 0 Å². The molecule has 1 amide bonds. The molecule has 92 valence electrons. The summed E-state index contributed by atoms with van der Waals surface area (Å²) in [6.07, 6.45) is 6.00. The van der Waals surface area contributed by atoms with Gasteiger partial charge in [0.05, 0.1) is 12.4 Å². The summed E-state index contributed by atoms with van der Waals surface area (Å²) in [6.45, 7) is 2.45. The minimum absolute atomic E-state index is 0.0685. The second kappa shape index (κ2) is 7.90. The molecule has 0 aliphatic heterocycles. The van der Waals surface area contributed by atoms with Gasteiger partial charge in [-0.15, -0.1) is 0 Å². The third-order valence-electron chi connectivity index (χ3n) is 2.55. The molecule has 0 aromatic heterocycles.